The highest BCUT2D eigenvalue weighted by Gasteiger charge is 2.14. The topological polar surface area (TPSA) is 46.9 Å². The summed E-state index contributed by atoms with van der Waals surface area (Å²) < 4.78 is 15.4. The Bertz CT molecular complexity index is 861. The van der Waals surface area contributed by atoms with Crippen molar-refractivity contribution in [2.75, 3.05) is 5.32 Å². The van der Waals surface area contributed by atoms with E-state index in [9.17, 15) is 9.18 Å². The molecule has 3 rings (SSSR count). The van der Waals surface area contributed by atoms with Gasteiger partial charge in [-0.3, -0.25) is 4.79 Å². The lowest BCUT2D eigenvalue weighted by atomic mass is 10.1. The van der Waals surface area contributed by atoms with E-state index in [1.54, 1.807) is 47.4 Å². The molecule has 0 aliphatic rings. The Morgan fingerprint density at radius 1 is 1.21 bits per heavy atom. The first kappa shape index (κ1) is 16.5. The van der Waals surface area contributed by atoms with E-state index in [0.29, 0.717) is 16.4 Å². The monoisotopic (exact) mass is 363 g/mol. The van der Waals surface area contributed by atoms with Crippen molar-refractivity contribution in [3.63, 3.8) is 0 Å². The Kier molecular flexibility index (Phi) is 4.83. The summed E-state index contributed by atoms with van der Waals surface area (Å²) in [6, 6.07) is 11.1. The van der Waals surface area contributed by atoms with Crippen molar-refractivity contribution in [2.24, 2.45) is 0 Å². The van der Waals surface area contributed by atoms with Gasteiger partial charge in [0.2, 0.25) is 5.91 Å². The number of nitrogens with one attached hydrogen (secondary N) is 1. The Balaban J connectivity index is 1.86. The lowest BCUT2D eigenvalue weighted by molar-refractivity contribution is -0.115. The molecule has 0 saturated heterocycles. The third-order valence-electron chi connectivity index (χ3n) is 3.38. The second kappa shape index (κ2) is 7.03. The molecule has 0 bridgehead atoms. The molecular weight excluding hydrogens is 352 g/mol. The molecule has 122 valence electrons. The van der Waals surface area contributed by atoms with E-state index < -0.39 is 11.7 Å². The molecule has 0 spiro atoms. The molecule has 0 aliphatic carbocycles. The van der Waals surface area contributed by atoms with Gasteiger partial charge < -0.3 is 5.32 Å². The van der Waals surface area contributed by atoms with Crippen molar-refractivity contribution >= 4 is 34.8 Å². The minimum atomic E-state index is -0.518. The van der Waals surface area contributed by atoms with Gasteiger partial charge in [-0.2, -0.15) is 5.10 Å². The van der Waals surface area contributed by atoms with E-state index in [0.717, 1.165) is 0 Å². The van der Waals surface area contributed by atoms with Crippen LogP contribution in [0.15, 0.2) is 54.9 Å². The van der Waals surface area contributed by atoms with Gasteiger partial charge >= 0.3 is 0 Å². The van der Waals surface area contributed by atoms with Crippen LogP contribution in [0.1, 0.15) is 5.56 Å². The molecule has 1 amide bonds. The third-order valence-corrected chi connectivity index (χ3v) is 3.97. The second-order valence-corrected chi connectivity index (χ2v) is 5.88. The summed E-state index contributed by atoms with van der Waals surface area (Å²) in [5.74, 6) is -0.922. The summed E-state index contributed by atoms with van der Waals surface area (Å²) in [5.41, 5.74) is 1.28. The molecule has 1 aromatic heterocycles. The average Bonchev–Trinajstić information content (AvgIpc) is 3.05. The fraction of sp³-hybridized carbons (Fsp3) is 0.0588. The van der Waals surface area contributed by atoms with Crippen LogP contribution in [0.25, 0.3) is 5.69 Å². The van der Waals surface area contributed by atoms with Gasteiger partial charge in [-0.1, -0.05) is 29.3 Å². The fourth-order valence-corrected chi connectivity index (χ4v) is 2.68. The Hall–Kier alpha value is -2.37. The Morgan fingerprint density at radius 3 is 2.75 bits per heavy atom. The molecule has 1 heterocycles. The summed E-state index contributed by atoms with van der Waals surface area (Å²) in [6.07, 6.45) is 3.18. The number of aromatic nitrogens is 2. The van der Waals surface area contributed by atoms with Crippen LogP contribution >= 0.6 is 23.2 Å². The first-order chi connectivity index (χ1) is 11.5. The second-order valence-electron chi connectivity index (χ2n) is 5.04. The lowest BCUT2D eigenvalue weighted by Crippen LogP contribution is -2.17. The highest BCUT2D eigenvalue weighted by molar-refractivity contribution is 6.31. The first-order valence-corrected chi connectivity index (χ1v) is 7.82. The van der Waals surface area contributed by atoms with Gasteiger partial charge in [-0.05, 0) is 36.4 Å². The number of carbonyl (C=O) groups is 1. The number of halogens is 3. The maximum atomic E-state index is 13.8. The van der Waals surface area contributed by atoms with E-state index in [-0.39, 0.29) is 17.0 Å². The van der Waals surface area contributed by atoms with Crippen molar-refractivity contribution in [2.45, 2.75) is 6.42 Å². The number of benzene rings is 2. The number of anilines is 1. The number of carbonyl (C=O) groups excluding carboxylic acids is 1. The smallest absolute Gasteiger partial charge is 0.229 e. The molecule has 0 saturated carbocycles. The molecule has 4 nitrogen and oxygen atoms in total. The summed E-state index contributed by atoms with van der Waals surface area (Å²) in [6.45, 7) is 0. The predicted molar refractivity (Wildman–Crippen MR) is 92.3 cm³/mol. The molecule has 2 aromatic carbocycles. The van der Waals surface area contributed by atoms with Crippen LogP contribution in [0.3, 0.4) is 0 Å². The SMILES string of the molecule is O=C(Cc1c(F)cccc1Cl)Nc1cc(Cl)ccc1-n1cccn1. The van der Waals surface area contributed by atoms with E-state index in [1.165, 1.54) is 12.1 Å². The van der Waals surface area contributed by atoms with Crippen molar-refractivity contribution in [1.82, 2.24) is 9.78 Å². The van der Waals surface area contributed by atoms with Gasteiger partial charge in [0.25, 0.3) is 0 Å². The van der Waals surface area contributed by atoms with E-state index in [2.05, 4.69) is 10.4 Å². The Labute approximate surface area is 147 Å². The van der Waals surface area contributed by atoms with Crippen molar-refractivity contribution in [3.05, 3.63) is 76.3 Å². The minimum absolute atomic E-state index is 0.152. The lowest BCUT2D eigenvalue weighted by Gasteiger charge is -2.12. The van der Waals surface area contributed by atoms with Crippen molar-refractivity contribution in [3.8, 4) is 5.69 Å². The standard InChI is InChI=1S/C17H12Cl2FN3O/c18-11-5-6-16(23-8-2-7-21-23)15(9-11)22-17(24)10-12-13(19)3-1-4-14(12)20/h1-9H,10H2,(H,22,24). The fourth-order valence-electron chi connectivity index (χ4n) is 2.28. The maximum Gasteiger partial charge on any atom is 0.229 e. The highest BCUT2D eigenvalue weighted by atomic mass is 35.5. The molecule has 24 heavy (non-hydrogen) atoms. The Morgan fingerprint density at radius 2 is 2.04 bits per heavy atom. The third kappa shape index (κ3) is 3.58. The van der Waals surface area contributed by atoms with Crippen molar-refractivity contribution in [1.29, 1.82) is 0 Å². The highest BCUT2D eigenvalue weighted by Crippen LogP contribution is 2.25. The molecule has 0 radical (unpaired) electrons. The van der Waals surface area contributed by atoms with Gasteiger partial charge in [0.15, 0.2) is 0 Å². The predicted octanol–water partition coefficient (Wildman–Crippen LogP) is 4.50. The van der Waals surface area contributed by atoms with E-state index >= 15 is 0 Å². The molecule has 0 fully saturated rings. The number of hydrogen-bond acceptors (Lipinski definition) is 2. The van der Waals surface area contributed by atoms with E-state index in [1.807, 2.05) is 0 Å². The zero-order valence-electron chi connectivity index (χ0n) is 12.3. The zero-order valence-corrected chi connectivity index (χ0v) is 13.9. The summed E-state index contributed by atoms with van der Waals surface area (Å²) in [5, 5.41) is 7.55. The zero-order chi connectivity index (χ0) is 17.1. The normalized spacial score (nSPS) is 10.6. The van der Waals surface area contributed by atoms with Crippen LogP contribution in [0.5, 0.6) is 0 Å². The summed E-state index contributed by atoms with van der Waals surface area (Å²) in [7, 11) is 0. The number of hydrogen-bond donors (Lipinski definition) is 1. The summed E-state index contributed by atoms with van der Waals surface area (Å²) >= 11 is 12.0. The van der Waals surface area contributed by atoms with Crippen LogP contribution in [0.4, 0.5) is 10.1 Å². The van der Waals surface area contributed by atoms with Gasteiger partial charge in [-0.15, -0.1) is 0 Å². The van der Waals surface area contributed by atoms with E-state index in [4.69, 9.17) is 23.2 Å². The molecular formula is C17H12Cl2FN3O. The largest absolute Gasteiger partial charge is 0.324 e. The van der Waals surface area contributed by atoms with Crippen molar-refractivity contribution < 1.29 is 9.18 Å². The number of rotatable bonds is 4. The van der Waals surface area contributed by atoms with Gasteiger partial charge in [0.1, 0.15) is 5.82 Å². The van der Waals surface area contributed by atoms with Gasteiger partial charge in [0.05, 0.1) is 17.8 Å². The van der Waals surface area contributed by atoms with Gasteiger partial charge in [0, 0.05) is 28.0 Å². The van der Waals surface area contributed by atoms with Crippen LogP contribution in [0, 0.1) is 5.82 Å². The van der Waals surface area contributed by atoms with Crippen LogP contribution in [-0.4, -0.2) is 15.7 Å². The molecule has 0 atom stereocenters. The molecule has 0 aliphatic heterocycles. The van der Waals surface area contributed by atoms with Crippen LogP contribution in [-0.2, 0) is 11.2 Å². The first-order valence-electron chi connectivity index (χ1n) is 7.07. The average molecular weight is 364 g/mol. The molecule has 7 heteroatoms. The molecule has 3 aromatic rings. The molecule has 0 unspecified atom stereocenters. The number of amides is 1. The quantitative estimate of drug-likeness (QED) is 0.741. The maximum absolute atomic E-state index is 13.8. The molecule has 1 N–H and O–H groups in total. The summed E-state index contributed by atoms with van der Waals surface area (Å²) in [4.78, 5) is 12.3. The number of nitrogens with zero attached hydrogens (tertiary/aromatic N) is 2. The van der Waals surface area contributed by atoms with Crippen LogP contribution in [0.2, 0.25) is 10.0 Å². The van der Waals surface area contributed by atoms with Crippen LogP contribution < -0.4 is 5.32 Å². The minimum Gasteiger partial charge on any atom is -0.324 e. The van der Waals surface area contributed by atoms with Gasteiger partial charge in [-0.25, -0.2) is 9.07 Å².